The quantitative estimate of drug-likeness (QED) is 0.607. The first-order valence-electron chi connectivity index (χ1n) is 5.18. The zero-order valence-corrected chi connectivity index (χ0v) is 10.7. The summed E-state index contributed by atoms with van der Waals surface area (Å²) in [4.78, 5) is 11.9. The maximum absolute atomic E-state index is 11.7. The van der Waals surface area contributed by atoms with E-state index >= 15 is 0 Å². The fourth-order valence-corrected chi connectivity index (χ4v) is 1.96. The molecule has 4 heteroatoms. The van der Waals surface area contributed by atoms with Crippen molar-refractivity contribution in [1.29, 1.82) is 0 Å². The van der Waals surface area contributed by atoms with Crippen LogP contribution in [0.2, 0.25) is 0 Å². The first-order valence-corrected chi connectivity index (χ1v) is 7.07. The van der Waals surface area contributed by atoms with Gasteiger partial charge in [0.25, 0.3) is 0 Å². The molecule has 0 heterocycles. The summed E-state index contributed by atoms with van der Waals surface area (Å²) in [5, 5.41) is 0. The summed E-state index contributed by atoms with van der Waals surface area (Å²) >= 11 is 0. The molecule has 90 valence electrons. The average molecular weight is 250 g/mol. The molecule has 0 atom stereocenters. The van der Waals surface area contributed by atoms with Crippen LogP contribution in [0.25, 0.3) is 0 Å². The molecule has 0 spiro atoms. The zero-order chi connectivity index (χ0) is 12.9. The van der Waals surface area contributed by atoms with Crippen LogP contribution < -0.4 is 0 Å². The second kappa shape index (κ2) is 5.65. The van der Waals surface area contributed by atoms with Crippen molar-refractivity contribution in [3.05, 3.63) is 29.8 Å². The molecule has 0 saturated heterocycles. The van der Waals surface area contributed by atoms with Crippen molar-refractivity contribution in [2.24, 2.45) is 0 Å². The first kappa shape index (κ1) is 13.5. The van der Waals surface area contributed by atoms with Crippen molar-refractivity contribution in [2.45, 2.75) is 24.7 Å². The number of carbonyl (C=O) groups is 1. The maximum Gasteiger partial charge on any atom is 0.175 e. The Bertz CT molecular complexity index is 557. The molecule has 0 aliphatic carbocycles. The highest BCUT2D eigenvalue weighted by molar-refractivity contribution is 7.90. The fraction of sp³-hybridized carbons (Fsp3) is 0.308. The van der Waals surface area contributed by atoms with Gasteiger partial charge in [0, 0.05) is 24.7 Å². The lowest BCUT2D eigenvalue weighted by molar-refractivity contribution is 0.0984. The third kappa shape index (κ3) is 4.04. The van der Waals surface area contributed by atoms with Gasteiger partial charge in [-0.05, 0) is 19.1 Å². The Labute approximate surface area is 102 Å². The summed E-state index contributed by atoms with van der Waals surface area (Å²) in [5.74, 6) is 5.52. The van der Waals surface area contributed by atoms with Crippen LogP contribution in [0.1, 0.15) is 30.1 Å². The lowest BCUT2D eigenvalue weighted by Crippen LogP contribution is -2.01. The molecule has 3 nitrogen and oxygen atoms in total. The van der Waals surface area contributed by atoms with Gasteiger partial charge in [0.05, 0.1) is 4.90 Å². The molecule has 0 unspecified atom stereocenters. The summed E-state index contributed by atoms with van der Waals surface area (Å²) in [7, 11) is -3.20. The van der Waals surface area contributed by atoms with E-state index in [4.69, 9.17) is 0 Å². The van der Waals surface area contributed by atoms with Crippen LogP contribution in [-0.2, 0) is 9.84 Å². The molecule has 0 radical (unpaired) electrons. The monoisotopic (exact) mass is 250 g/mol. The minimum Gasteiger partial charge on any atom is -0.294 e. The van der Waals surface area contributed by atoms with Gasteiger partial charge in [0.2, 0.25) is 0 Å². The SMILES string of the molecule is CC#CCCC(=O)c1ccc(S(C)(=O)=O)cc1. The molecular weight excluding hydrogens is 236 g/mol. The number of rotatable bonds is 4. The highest BCUT2D eigenvalue weighted by Crippen LogP contribution is 2.12. The predicted molar refractivity (Wildman–Crippen MR) is 66.6 cm³/mol. The van der Waals surface area contributed by atoms with Crippen molar-refractivity contribution < 1.29 is 13.2 Å². The molecule has 1 aromatic rings. The van der Waals surface area contributed by atoms with E-state index in [1.54, 1.807) is 6.92 Å². The van der Waals surface area contributed by atoms with E-state index in [1.807, 2.05) is 0 Å². The van der Waals surface area contributed by atoms with E-state index in [1.165, 1.54) is 24.3 Å². The van der Waals surface area contributed by atoms with Gasteiger partial charge in [0.1, 0.15) is 0 Å². The number of carbonyl (C=O) groups excluding carboxylic acids is 1. The zero-order valence-electron chi connectivity index (χ0n) is 9.86. The standard InChI is InChI=1S/C13H14O3S/c1-3-4-5-6-13(14)11-7-9-12(10-8-11)17(2,15)16/h7-10H,5-6H2,1-2H3. The number of hydrogen-bond donors (Lipinski definition) is 0. The van der Waals surface area contributed by atoms with Crippen LogP contribution in [0.4, 0.5) is 0 Å². The molecular formula is C13H14O3S. The topological polar surface area (TPSA) is 51.2 Å². The lowest BCUT2D eigenvalue weighted by atomic mass is 10.1. The van der Waals surface area contributed by atoms with Gasteiger partial charge >= 0.3 is 0 Å². The van der Waals surface area contributed by atoms with E-state index in [0.29, 0.717) is 18.4 Å². The van der Waals surface area contributed by atoms with E-state index in [0.717, 1.165) is 6.26 Å². The maximum atomic E-state index is 11.7. The Balaban J connectivity index is 2.80. The molecule has 0 N–H and O–H groups in total. The Hall–Kier alpha value is -1.60. The fourth-order valence-electron chi connectivity index (χ4n) is 1.33. The van der Waals surface area contributed by atoms with E-state index in [9.17, 15) is 13.2 Å². The van der Waals surface area contributed by atoms with Crippen LogP contribution in [0, 0.1) is 11.8 Å². The van der Waals surface area contributed by atoms with Crippen LogP contribution in [0.3, 0.4) is 0 Å². The summed E-state index contributed by atoms with van der Waals surface area (Å²) in [5.41, 5.74) is 0.523. The highest BCUT2D eigenvalue weighted by atomic mass is 32.2. The highest BCUT2D eigenvalue weighted by Gasteiger charge is 2.09. The Morgan fingerprint density at radius 3 is 2.29 bits per heavy atom. The number of benzene rings is 1. The second-order valence-electron chi connectivity index (χ2n) is 3.65. The van der Waals surface area contributed by atoms with Crippen LogP contribution in [0.5, 0.6) is 0 Å². The normalized spacial score (nSPS) is 10.5. The largest absolute Gasteiger partial charge is 0.294 e. The molecule has 0 fully saturated rings. The first-order chi connectivity index (χ1) is 7.95. The van der Waals surface area contributed by atoms with E-state index in [2.05, 4.69) is 11.8 Å². The smallest absolute Gasteiger partial charge is 0.175 e. The number of hydrogen-bond acceptors (Lipinski definition) is 3. The van der Waals surface area contributed by atoms with Crippen LogP contribution in [-0.4, -0.2) is 20.5 Å². The molecule has 0 aromatic heterocycles. The minimum absolute atomic E-state index is 0.0206. The molecule has 1 aromatic carbocycles. The predicted octanol–water partition coefficient (Wildman–Crippen LogP) is 2.08. The molecule has 0 amide bonds. The van der Waals surface area contributed by atoms with Gasteiger partial charge in [-0.25, -0.2) is 8.42 Å². The average Bonchev–Trinajstić information content (AvgIpc) is 2.28. The Morgan fingerprint density at radius 1 is 1.24 bits per heavy atom. The Morgan fingerprint density at radius 2 is 1.82 bits per heavy atom. The molecule has 0 aliphatic rings. The molecule has 0 saturated carbocycles. The molecule has 0 aliphatic heterocycles. The van der Waals surface area contributed by atoms with Gasteiger partial charge in [-0.15, -0.1) is 11.8 Å². The lowest BCUT2D eigenvalue weighted by Gasteiger charge is -2.01. The van der Waals surface area contributed by atoms with Crippen molar-refractivity contribution in [3.63, 3.8) is 0 Å². The van der Waals surface area contributed by atoms with Crippen molar-refractivity contribution in [2.75, 3.05) is 6.26 Å². The molecule has 17 heavy (non-hydrogen) atoms. The van der Waals surface area contributed by atoms with Gasteiger partial charge < -0.3 is 0 Å². The van der Waals surface area contributed by atoms with Crippen LogP contribution >= 0.6 is 0 Å². The van der Waals surface area contributed by atoms with Gasteiger partial charge in [-0.3, -0.25) is 4.79 Å². The van der Waals surface area contributed by atoms with Crippen molar-refractivity contribution in [3.8, 4) is 11.8 Å². The van der Waals surface area contributed by atoms with E-state index < -0.39 is 9.84 Å². The summed E-state index contributed by atoms with van der Waals surface area (Å²) < 4.78 is 22.4. The third-order valence-electron chi connectivity index (χ3n) is 2.26. The van der Waals surface area contributed by atoms with Crippen LogP contribution in [0.15, 0.2) is 29.2 Å². The Kier molecular flexibility index (Phi) is 4.47. The third-order valence-corrected chi connectivity index (χ3v) is 3.39. The summed E-state index contributed by atoms with van der Waals surface area (Å²) in [6.07, 6.45) is 2.03. The van der Waals surface area contributed by atoms with Crippen molar-refractivity contribution in [1.82, 2.24) is 0 Å². The van der Waals surface area contributed by atoms with Gasteiger partial charge in [-0.1, -0.05) is 12.1 Å². The summed E-state index contributed by atoms with van der Waals surface area (Å²) in [6.45, 7) is 1.73. The van der Waals surface area contributed by atoms with Gasteiger partial charge in [0.15, 0.2) is 15.6 Å². The number of ketones is 1. The molecule has 0 bridgehead atoms. The number of sulfone groups is 1. The minimum atomic E-state index is -3.20. The summed E-state index contributed by atoms with van der Waals surface area (Å²) in [6, 6.07) is 5.98. The molecule has 1 rings (SSSR count). The van der Waals surface area contributed by atoms with E-state index in [-0.39, 0.29) is 10.7 Å². The number of Topliss-reactive ketones (excluding diaryl/α,β-unsaturated/α-hetero) is 1. The van der Waals surface area contributed by atoms with Crippen molar-refractivity contribution >= 4 is 15.6 Å². The van der Waals surface area contributed by atoms with Gasteiger partial charge in [-0.2, -0.15) is 0 Å². The second-order valence-corrected chi connectivity index (χ2v) is 5.66.